The van der Waals surface area contributed by atoms with Gasteiger partial charge in [0.25, 0.3) is 0 Å². The average Bonchev–Trinajstić information content (AvgIpc) is 2.45. The number of carbonyl (C=O) groups is 4. The molecule has 0 bridgehead atoms. The zero-order chi connectivity index (χ0) is 19.8. The van der Waals surface area contributed by atoms with Crippen molar-refractivity contribution in [1.29, 1.82) is 0 Å². The van der Waals surface area contributed by atoms with Crippen LogP contribution in [0.2, 0.25) is 0 Å². The topological polar surface area (TPSA) is 185 Å². The van der Waals surface area contributed by atoms with Crippen molar-refractivity contribution in [3.63, 3.8) is 0 Å². The van der Waals surface area contributed by atoms with E-state index >= 15 is 0 Å². The maximum Gasteiger partial charge on any atom is 0.343 e. The van der Waals surface area contributed by atoms with Crippen molar-refractivity contribution in [3.05, 3.63) is 12.2 Å². The van der Waals surface area contributed by atoms with Crippen LogP contribution in [0.1, 0.15) is 26.2 Å². The molecule has 25 heavy (non-hydrogen) atoms. The zero-order valence-electron chi connectivity index (χ0n) is 13.3. The second-order valence-electron chi connectivity index (χ2n) is 5.09. The Bertz CT molecular complexity index is 605. The number of rotatable bonds is 11. The van der Waals surface area contributed by atoms with E-state index in [2.05, 4.69) is 16.1 Å². The van der Waals surface area contributed by atoms with Crippen LogP contribution in [-0.2, 0) is 33.2 Å². The van der Waals surface area contributed by atoms with Crippen molar-refractivity contribution in [2.45, 2.75) is 31.3 Å². The van der Waals surface area contributed by atoms with Crippen LogP contribution in [0.15, 0.2) is 12.2 Å². The van der Waals surface area contributed by atoms with Gasteiger partial charge in [-0.3, -0.25) is 18.9 Å². The van der Waals surface area contributed by atoms with Crippen LogP contribution in [0.25, 0.3) is 0 Å². The van der Waals surface area contributed by atoms with Crippen LogP contribution in [0, 0.1) is 0 Å². The van der Waals surface area contributed by atoms with Crippen LogP contribution < -0.4 is 0 Å². The fourth-order valence-electron chi connectivity index (χ4n) is 1.66. The van der Waals surface area contributed by atoms with Crippen molar-refractivity contribution >= 4 is 31.5 Å². The smallest absolute Gasteiger partial charge is 0.343 e. The average molecular weight is 382 g/mol. The summed E-state index contributed by atoms with van der Waals surface area (Å²) in [6.45, 7) is 3.85. The summed E-state index contributed by atoms with van der Waals surface area (Å²) in [6, 6.07) is 0. The predicted molar refractivity (Wildman–Crippen MR) is 80.6 cm³/mol. The van der Waals surface area contributed by atoms with Gasteiger partial charge in [0.2, 0.25) is 0 Å². The maximum atomic E-state index is 11.7. The zero-order valence-corrected chi connectivity index (χ0v) is 14.2. The third kappa shape index (κ3) is 7.04. The number of ether oxygens (including phenoxy) is 2. The minimum atomic E-state index is -5.40. The molecule has 0 saturated carbocycles. The molecule has 0 rings (SSSR count). The van der Waals surface area contributed by atoms with Gasteiger partial charge in [-0.1, -0.05) is 6.58 Å². The molecule has 1 atom stereocenters. The number of esters is 2. The Hall–Kier alpha value is -2.23. The van der Waals surface area contributed by atoms with E-state index in [9.17, 15) is 33.5 Å². The van der Waals surface area contributed by atoms with Gasteiger partial charge >= 0.3 is 31.5 Å². The third-order valence-corrected chi connectivity index (χ3v) is 4.76. The number of hydrogen-bond donors (Lipinski definition) is 4. The highest BCUT2D eigenvalue weighted by molar-refractivity contribution is 7.54. The second kappa shape index (κ2) is 9.30. The fourth-order valence-corrected chi connectivity index (χ4v) is 2.65. The molecule has 11 nitrogen and oxygen atoms in total. The highest BCUT2D eigenvalue weighted by Crippen LogP contribution is 2.55. The van der Waals surface area contributed by atoms with E-state index < -0.39 is 62.5 Å². The monoisotopic (exact) mass is 382 g/mol. The van der Waals surface area contributed by atoms with Crippen LogP contribution >= 0.6 is 7.60 Å². The fraction of sp³-hybridized carbons (Fsp3) is 0.538. The van der Waals surface area contributed by atoms with E-state index in [1.807, 2.05) is 0 Å². The minimum Gasteiger partial charge on any atom is -0.481 e. The first kappa shape index (κ1) is 22.8. The first-order valence-electron chi connectivity index (χ1n) is 6.82. The van der Waals surface area contributed by atoms with Gasteiger partial charge in [0.15, 0.2) is 5.16 Å². The van der Waals surface area contributed by atoms with Gasteiger partial charge < -0.3 is 29.5 Å². The summed E-state index contributed by atoms with van der Waals surface area (Å²) < 4.78 is 20.8. The van der Waals surface area contributed by atoms with Crippen LogP contribution in [0.4, 0.5) is 0 Å². The van der Waals surface area contributed by atoms with E-state index in [-0.39, 0.29) is 12.2 Å². The van der Waals surface area contributed by atoms with Gasteiger partial charge in [-0.05, 0) is 13.3 Å². The van der Waals surface area contributed by atoms with Crippen molar-refractivity contribution in [3.8, 4) is 0 Å². The maximum absolute atomic E-state index is 11.7. The summed E-state index contributed by atoms with van der Waals surface area (Å²) in [7, 11) is -5.40. The molecule has 0 spiro atoms. The van der Waals surface area contributed by atoms with E-state index in [1.54, 1.807) is 0 Å². The molecule has 0 heterocycles. The van der Waals surface area contributed by atoms with E-state index in [1.165, 1.54) is 6.92 Å². The molecule has 0 aromatic heterocycles. The molecule has 0 saturated heterocycles. The largest absolute Gasteiger partial charge is 0.481 e. The van der Waals surface area contributed by atoms with E-state index in [4.69, 9.17) is 10.2 Å². The number of aliphatic carboxylic acids is 2. The van der Waals surface area contributed by atoms with E-state index in [0.717, 1.165) is 0 Å². The first-order valence-corrected chi connectivity index (χ1v) is 8.44. The third-order valence-electron chi connectivity index (χ3n) is 3.07. The molecular formula is C13H19O11P. The number of carboxylic acids is 2. The SMILES string of the molecule is C=C(C)C(=O)OCCOC(=O)CC(CCC(=O)O)(C(=O)O)P(=O)(O)O. The van der Waals surface area contributed by atoms with Gasteiger partial charge in [0.1, 0.15) is 13.2 Å². The summed E-state index contributed by atoms with van der Waals surface area (Å²) in [5.41, 5.74) is 0.103. The molecule has 0 amide bonds. The van der Waals surface area contributed by atoms with Crippen LogP contribution in [0.5, 0.6) is 0 Å². The molecule has 4 N–H and O–H groups in total. The Labute approximate surface area is 142 Å². The summed E-state index contributed by atoms with van der Waals surface area (Å²) in [5.74, 6) is -5.54. The normalized spacial score (nSPS) is 13.4. The summed E-state index contributed by atoms with van der Waals surface area (Å²) >= 11 is 0. The highest BCUT2D eigenvalue weighted by Gasteiger charge is 2.55. The van der Waals surface area contributed by atoms with Crippen LogP contribution in [-0.4, -0.2) is 62.2 Å². The standard InChI is InChI=1S/C13H19O11P/c1-8(2)11(17)24-6-5-23-10(16)7-13(12(18)19,25(20,21)22)4-3-9(14)15/h1,3-7H2,2H3,(H,14,15)(H,18,19)(H2,20,21,22). The van der Waals surface area contributed by atoms with Crippen molar-refractivity contribution < 1.29 is 53.2 Å². The highest BCUT2D eigenvalue weighted by atomic mass is 31.2. The molecular weight excluding hydrogens is 363 g/mol. The Morgan fingerprint density at radius 1 is 1.08 bits per heavy atom. The van der Waals surface area contributed by atoms with Gasteiger partial charge in [-0.15, -0.1) is 0 Å². The molecule has 0 fully saturated rings. The second-order valence-corrected chi connectivity index (χ2v) is 7.03. The quantitative estimate of drug-likeness (QED) is 0.162. The molecule has 0 aromatic carbocycles. The Morgan fingerprint density at radius 2 is 1.60 bits per heavy atom. The molecule has 0 radical (unpaired) electrons. The molecule has 0 aliphatic carbocycles. The Kier molecular flexibility index (Phi) is 8.47. The van der Waals surface area contributed by atoms with Gasteiger partial charge in [-0.25, -0.2) is 4.79 Å². The molecule has 0 aliphatic heterocycles. The van der Waals surface area contributed by atoms with Crippen molar-refractivity contribution in [2.75, 3.05) is 13.2 Å². The predicted octanol–water partition coefficient (Wildman–Crippen LogP) is -0.0951. The lowest BCUT2D eigenvalue weighted by Crippen LogP contribution is -2.41. The lowest BCUT2D eigenvalue weighted by atomic mass is 9.98. The van der Waals surface area contributed by atoms with Crippen molar-refractivity contribution in [2.24, 2.45) is 0 Å². The number of hydrogen-bond acceptors (Lipinski definition) is 7. The minimum absolute atomic E-state index is 0.103. The molecule has 142 valence electrons. The lowest BCUT2D eigenvalue weighted by molar-refractivity contribution is -0.154. The molecule has 0 aliphatic rings. The molecule has 12 heteroatoms. The summed E-state index contributed by atoms with van der Waals surface area (Å²) in [4.78, 5) is 63.4. The molecule has 0 aromatic rings. The Morgan fingerprint density at radius 3 is 2.00 bits per heavy atom. The number of carbonyl (C=O) groups excluding carboxylic acids is 2. The summed E-state index contributed by atoms with van der Waals surface area (Å²) in [5, 5.41) is 14.8. The van der Waals surface area contributed by atoms with Gasteiger partial charge in [0.05, 0.1) is 6.42 Å². The van der Waals surface area contributed by atoms with E-state index in [0.29, 0.717) is 0 Å². The number of carboxylic acid groups (broad SMARTS) is 2. The van der Waals surface area contributed by atoms with Crippen LogP contribution in [0.3, 0.4) is 0 Å². The van der Waals surface area contributed by atoms with Gasteiger partial charge in [-0.2, -0.15) is 0 Å². The van der Waals surface area contributed by atoms with Gasteiger partial charge in [0, 0.05) is 12.0 Å². The Balaban J connectivity index is 4.95. The summed E-state index contributed by atoms with van der Waals surface area (Å²) in [6.07, 6.45) is -3.09. The lowest BCUT2D eigenvalue weighted by Gasteiger charge is -2.28. The first-order chi connectivity index (χ1) is 11.3. The van der Waals surface area contributed by atoms with Crippen molar-refractivity contribution in [1.82, 2.24) is 0 Å². The molecule has 1 unspecified atom stereocenters.